The van der Waals surface area contributed by atoms with E-state index in [1.165, 1.54) is 11.7 Å². The number of rotatable bonds is 8. The zero-order chi connectivity index (χ0) is 24.8. The first kappa shape index (κ1) is 24.7. The summed E-state index contributed by atoms with van der Waals surface area (Å²) in [7, 11) is 3.98. The first-order chi connectivity index (χ1) is 17.1. The molecule has 3 N–H and O–H groups in total. The van der Waals surface area contributed by atoms with Crippen molar-refractivity contribution < 1.29 is 9.88 Å². The number of benzene rings is 1. The molecule has 0 aliphatic heterocycles. The van der Waals surface area contributed by atoms with Crippen LogP contribution in [0.4, 0.5) is 0 Å². The molecule has 1 aliphatic rings. The average molecular weight is 501 g/mol. The summed E-state index contributed by atoms with van der Waals surface area (Å²) in [6.45, 7) is 3.86. The lowest BCUT2D eigenvalue weighted by atomic mass is 9.85. The minimum atomic E-state index is 0.383. The Kier molecular flexibility index (Phi) is 7.97. The van der Waals surface area contributed by atoms with Crippen molar-refractivity contribution in [1.29, 1.82) is 5.41 Å². The molecule has 0 saturated heterocycles. The van der Waals surface area contributed by atoms with Crippen LogP contribution in [0.15, 0.2) is 96.0 Å². The highest BCUT2D eigenvalue weighted by Crippen LogP contribution is 2.35. The Bertz CT molecular complexity index is 1420. The third kappa shape index (κ3) is 5.14. The van der Waals surface area contributed by atoms with Crippen LogP contribution in [0.1, 0.15) is 5.56 Å². The molecule has 0 atom stereocenters. The van der Waals surface area contributed by atoms with Crippen LogP contribution in [0, 0.1) is 5.41 Å². The van der Waals surface area contributed by atoms with Crippen molar-refractivity contribution in [3.8, 4) is 11.1 Å². The van der Waals surface area contributed by atoms with Gasteiger partial charge in [0.2, 0.25) is 0 Å². The van der Waals surface area contributed by atoms with Gasteiger partial charge in [-0.2, -0.15) is 8.75 Å². The third-order valence-electron chi connectivity index (χ3n) is 5.60. The summed E-state index contributed by atoms with van der Waals surface area (Å²) in [6.07, 6.45) is 17.8. The summed E-state index contributed by atoms with van der Waals surface area (Å²) in [5, 5.41) is 11.1. The van der Waals surface area contributed by atoms with Crippen molar-refractivity contribution in [1.82, 2.24) is 8.75 Å². The van der Waals surface area contributed by atoms with Gasteiger partial charge in [0.25, 0.3) is 0 Å². The molecule has 1 aromatic carbocycles. The summed E-state index contributed by atoms with van der Waals surface area (Å²) < 4.78 is 11.2. The number of pyridine rings is 1. The van der Waals surface area contributed by atoms with Gasteiger partial charge in [0.05, 0.1) is 42.3 Å². The molecular weight excluding hydrogens is 472 g/mol. The van der Waals surface area contributed by atoms with Crippen LogP contribution in [-0.2, 0) is 7.05 Å². The van der Waals surface area contributed by atoms with Gasteiger partial charge in [-0.05, 0) is 23.5 Å². The summed E-state index contributed by atoms with van der Waals surface area (Å²) >= 11 is 2.82. The number of aromatic nitrogens is 3. The molecule has 176 valence electrons. The van der Waals surface area contributed by atoms with Crippen molar-refractivity contribution in [2.75, 3.05) is 19.2 Å². The van der Waals surface area contributed by atoms with E-state index in [0.29, 0.717) is 17.3 Å². The molecule has 0 radical (unpaired) electrons. The van der Waals surface area contributed by atoms with Crippen LogP contribution >= 0.6 is 23.5 Å². The van der Waals surface area contributed by atoms with Crippen molar-refractivity contribution in [3.05, 3.63) is 96.5 Å². The minimum Gasteiger partial charge on any atom is -0.322 e. The Morgan fingerprint density at radius 3 is 2.57 bits per heavy atom. The normalized spacial score (nSPS) is 15.7. The molecule has 4 rings (SSSR count). The van der Waals surface area contributed by atoms with Gasteiger partial charge in [0, 0.05) is 34.4 Å². The van der Waals surface area contributed by atoms with E-state index in [1.807, 2.05) is 79.2 Å². The van der Waals surface area contributed by atoms with Crippen LogP contribution in [-0.4, -0.2) is 39.4 Å². The molecule has 0 amide bonds. The van der Waals surface area contributed by atoms with E-state index in [9.17, 15) is 0 Å². The van der Waals surface area contributed by atoms with Gasteiger partial charge >= 0.3 is 0 Å². The van der Waals surface area contributed by atoms with Gasteiger partial charge in [-0.3, -0.25) is 10.4 Å². The molecule has 3 aromatic rings. The van der Waals surface area contributed by atoms with E-state index in [1.54, 1.807) is 17.8 Å². The number of allylic oxidation sites excluding steroid dienone is 8. The summed E-state index contributed by atoms with van der Waals surface area (Å²) in [5.74, 6) is 0.575. The zero-order valence-electron chi connectivity index (χ0n) is 20.0. The molecule has 0 fully saturated rings. The van der Waals surface area contributed by atoms with Crippen molar-refractivity contribution in [2.24, 2.45) is 12.0 Å². The highest BCUT2D eigenvalue weighted by molar-refractivity contribution is 7.98. The van der Waals surface area contributed by atoms with E-state index < -0.39 is 0 Å². The molecule has 0 bridgehead atoms. The highest BCUT2D eigenvalue weighted by Gasteiger charge is 2.25. The van der Waals surface area contributed by atoms with Gasteiger partial charge in [0.15, 0.2) is 12.4 Å². The maximum Gasteiger partial charge on any atom is 0.169 e. The number of aryl methyl sites for hydroxylation is 1. The van der Waals surface area contributed by atoms with E-state index in [4.69, 9.17) is 10.4 Å². The fourth-order valence-electron chi connectivity index (χ4n) is 3.90. The van der Waals surface area contributed by atoms with Crippen LogP contribution in [0.2, 0.25) is 0 Å². The lowest BCUT2D eigenvalue weighted by Gasteiger charge is -2.20. The fourth-order valence-corrected chi connectivity index (χ4v) is 4.73. The van der Waals surface area contributed by atoms with Crippen molar-refractivity contribution in [2.45, 2.75) is 0 Å². The number of hydrogen-bond donors (Lipinski definition) is 2. The predicted octanol–water partition coefficient (Wildman–Crippen LogP) is 4.11. The standard InChI is InChI=1S/C27H27N6S2/c1-5-6-18(11-14-29-2)20-7-9-22(24(28)25(20)30-17-34-4)23-10-8-21(26-27(23)32-35-31-26)19-12-15-33(3)16-13-19/h5-16,28-29H,1,17H2,2-4H3/q+1/p+1. The Hall–Kier alpha value is -3.46. The number of nitrogens with two attached hydrogens (primary N) is 1. The van der Waals surface area contributed by atoms with Crippen LogP contribution in [0.3, 0.4) is 0 Å². The third-order valence-corrected chi connectivity index (χ3v) is 6.52. The quantitative estimate of drug-likeness (QED) is 0.277. The van der Waals surface area contributed by atoms with Gasteiger partial charge in [-0.1, -0.05) is 43.0 Å². The molecule has 1 aliphatic carbocycles. The van der Waals surface area contributed by atoms with Crippen molar-refractivity contribution >= 4 is 51.5 Å². The Morgan fingerprint density at radius 2 is 1.89 bits per heavy atom. The molecule has 35 heavy (non-hydrogen) atoms. The fraction of sp³-hybridized carbons (Fsp3) is 0.148. The lowest BCUT2D eigenvalue weighted by Crippen LogP contribution is -2.72. The summed E-state index contributed by atoms with van der Waals surface area (Å²) in [5.41, 5.74) is 8.38. The number of thioether (sulfide) groups is 1. The largest absolute Gasteiger partial charge is 0.322 e. The molecule has 6 nitrogen and oxygen atoms in total. The Balaban J connectivity index is 1.85. The first-order valence-electron chi connectivity index (χ1n) is 11.1. The average Bonchev–Trinajstić information content (AvgIpc) is 3.36. The molecular formula is C27H28N6S2+2. The van der Waals surface area contributed by atoms with E-state index in [0.717, 1.165) is 44.4 Å². The maximum atomic E-state index is 9.14. The van der Waals surface area contributed by atoms with Gasteiger partial charge < -0.3 is 5.32 Å². The molecule has 2 heterocycles. The minimum absolute atomic E-state index is 0.383. The topological polar surface area (TPSA) is 82.5 Å². The van der Waals surface area contributed by atoms with Gasteiger partial charge in [-0.25, -0.2) is 4.57 Å². The highest BCUT2D eigenvalue weighted by atomic mass is 32.2. The monoisotopic (exact) mass is 500 g/mol. The van der Waals surface area contributed by atoms with Crippen molar-refractivity contribution in [3.63, 3.8) is 0 Å². The van der Waals surface area contributed by atoms with Crippen LogP contribution in [0.5, 0.6) is 0 Å². The molecule has 2 aromatic heterocycles. The summed E-state index contributed by atoms with van der Waals surface area (Å²) in [4.78, 5) is 4.78. The summed E-state index contributed by atoms with van der Waals surface area (Å²) in [6, 6.07) is 8.27. The zero-order valence-corrected chi connectivity index (χ0v) is 21.7. The Labute approximate surface area is 214 Å². The molecule has 0 spiro atoms. The Morgan fingerprint density at radius 1 is 1.17 bits per heavy atom. The van der Waals surface area contributed by atoms with Crippen LogP contribution in [0.25, 0.3) is 27.7 Å². The number of aliphatic imine (C=N–C) groups is 1. The SMILES string of the molecule is C=CC=C(C=C[NH2+]C)C1=CC=C(c2ccc(-c3cc[n+](C)cc3)c3nsnc23)C(=N)C1=NCSC. The second-order valence-electron chi connectivity index (χ2n) is 7.88. The number of nitrogens with one attached hydrogen (secondary N) is 1. The van der Waals surface area contributed by atoms with E-state index >= 15 is 0 Å². The number of quaternary nitrogens is 1. The predicted molar refractivity (Wildman–Crippen MR) is 149 cm³/mol. The molecule has 0 saturated carbocycles. The number of fused-ring (bicyclic) bond motifs is 1. The van der Waals surface area contributed by atoms with E-state index in [2.05, 4.69) is 33.5 Å². The first-order valence-corrected chi connectivity index (χ1v) is 13.3. The van der Waals surface area contributed by atoms with Gasteiger partial charge in [0.1, 0.15) is 18.1 Å². The number of nitrogens with zero attached hydrogens (tertiary/aromatic N) is 4. The maximum absolute atomic E-state index is 9.14. The second-order valence-corrected chi connectivity index (χ2v) is 9.25. The smallest absolute Gasteiger partial charge is 0.169 e. The van der Waals surface area contributed by atoms with E-state index in [-0.39, 0.29) is 0 Å². The molecule has 8 heteroatoms. The van der Waals surface area contributed by atoms with Crippen LogP contribution < -0.4 is 9.88 Å². The lowest BCUT2D eigenvalue weighted by molar-refractivity contribution is -0.671. The second kappa shape index (κ2) is 11.3. The number of hydrogen-bond acceptors (Lipinski definition) is 6. The molecule has 0 unspecified atom stereocenters. The van der Waals surface area contributed by atoms with Gasteiger partial charge in [-0.15, -0.1) is 11.8 Å².